The van der Waals surface area contributed by atoms with Gasteiger partial charge in [-0.1, -0.05) is 44.9 Å². The fourth-order valence-corrected chi connectivity index (χ4v) is 3.51. The first-order chi connectivity index (χ1) is 8.99. The van der Waals surface area contributed by atoms with Crippen molar-refractivity contribution in [2.24, 2.45) is 17.8 Å². The zero-order valence-electron chi connectivity index (χ0n) is 12.5. The van der Waals surface area contributed by atoms with Gasteiger partial charge in [-0.3, -0.25) is 0 Å². The van der Waals surface area contributed by atoms with Crippen LogP contribution in [0, 0.1) is 24.7 Å². The Bertz CT molecular complexity index is 427. The predicted octanol–water partition coefficient (Wildman–Crippen LogP) is 5.52. The van der Waals surface area contributed by atoms with E-state index in [4.69, 9.17) is 11.6 Å². The topological polar surface area (TPSA) is 12.0 Å². The van der Waals surface area contributed by atoms with Gasteiger partial charge < -0.3 is 5.32 Å². The van der Waals surface area contributed by atoms with Crippen LogP contribution >= 0.6 is 11.6 Å². The first-order valence-electron chi connectivity index (χ1n) is 7.50. The molecule has 0 bridgehead atoms. The van der Waals surface area contributed by atoms with Crippen molar-refractivity contribution in [1.29, 1.82) is 0 Å². The van der Waals surface area contributed by atoms with Gasteiger partial charge in [0.2, 0.25) is 0 Å². The Balaban J connectivity index is 2.16. The van der Waals surface area contributed by atoms with Gasteiger partial charge in [0, 0.05) is 16.8 Å². The molecule has 1 aliphatic carbocycles. The Morgan fingerprint density at radius 1 is 1.26 bits per heavy atom. The molecular weight excluding hydrogens is 254 g/mol. The predicted molar refractivity (Wildman–Crippen MR) is 84.9 cm³/mol. The second-order valence-corrected chi connectivity index (χ2v) is 6.90. The molecule has 0 heterocycles. The third-order valence-electron chi connectivity index (χ3n) is 4.63. The molecule has 0 saturated heterocycles. The van der Waals surface area contributed by atoms with E-state index in [1.54, 1.807) is 0 Å². The number of benzene rings is 1. The molecule has 1 nitrogen and oxygen atoms in total. The number of hydrogen-bond donors (Lipinski definition) is 1. The summed E-state index contributed by atoms with van der Waals surface area (Å²) in [5.74, 6) is 2.34. The lowest BCUT2D eigenvalue weighted by molar-refractivity contribution is 0.212. The monoisotopic (exact) mass is 279 g/mol. The van der Waals surface area contributed by atoms with E-state index in [1.165, 1.54) is 30.5 Å². The van der Waals surface area contributed by atoms with Crippen molar-refractivity contribution >= 4 is 17.3 Å². The van der Waals surface area contributed by atoms with Crippen LogP contribution in [-0.4, -0.2) is 6.04 Å². The number of rotatable bonds is 3. The van der Waals surface area contributed by atoms with Crippen LogP contribution in [0.25, 0.3) is 0 Å². The van der Waals surface area contributed by atoms with Crippen LogP contribution in [0.2, 0.25) is 5.02 Å². The van der Waals surface area contributed by atoms with Gasteiger partial charge in [-0.05, 0) is 55.2 Å². The van der Waals surface area contributed by atoms with Crippen LogP contribution in [0.5, 0.6) is 0 Å². The minimum atomic E-state index is 0.584. The second kappa shape index (κ2) is 6.17. The SMILES string of the molecule is Cc1c(Cl)cccc1NC1CC(C)CCC1C(C)C. The van der Waals surface area contributed by atoms with Crippen LogP contribution in [0.3, 0.4) is 0 Å². The summed E-state index contributed by atoms with van der Waals surface area (Å²) in [6.07, 6.45) is 3.99. The Morgan fingerprint density at radius 2 is 2.00 bits per heavy atom. The van der Waals surface area contributed by atoms with Crippen molar-refractivity contribution in [2.75, 3.05) is 5.32 Å². The maximum absolute atomic E-state index is 6.22. The van der Waals surface area contributed by atoms with E-state index in [-0.39, 0.29) is 0 Å². The van der Waals surface area contributed by atoms with E-state index < -0.39 is 0 Å². The molecule has 1 aliphatic rings. The van der Waals surface area contributed by atoms with Crippen LogP contribution in [0.4, 0.5) is 5.69 Å². The summed E-state index contributed by atoms with van der Waals surface area (Å²) in [5, 5.41) is 4.62. The van der Waals surface area contributed by atoms with E-state index in [9.17, 15) is 0 Å². The zero-order chi connectivity index (χ0) is 14.0. The Hall–Kier alpha value is -0.690. The zero-order valence-corrected chi connectivity index (χ0v) is 13.3. The molecule has 0 spiro atoms. The quantitative estimate of drug-likeness (QED) is 0.768. The molecule has 106 valence electrons. The van der Waals surface area contributed by atoms with Crippen LogP contribution < -0.4 is 5.32 Å². The Kier molecular flexibility index (Phi) is 4.78. The summed E-state index contributed by atoms with van der Waals surface area (Å²) in [6, 6.07) is 6.73. The third-order valence-corrected chi connectivity index (χ3v) is 5.04. The van der Waals surface area contributed by atoms with Gasteiger partial charge in [0.1, 0.15) is 0 Å². The molecule has 0 radical (unpaired) electrons. The molecule has 2 heteroatoms. The van der Waals surface area contributed by atoms with Gasteiger partial charge in [-0.2, -0.15) is 0 Å². The van der Waals surface area contributed by atoms with Gasteiger partial charge in [-0.15, -0.1) is 0 Å². The molecule has 3 unspecified atom stereocenters. The normalized spacial score (nSPS) is 27.6. The highest BCUT2D eigenvalue weighted by Gasteiger charge is 2.30. The number of anilines is 1. The standard InChI is InChI=1S/C17H26ClN/c1-11(2)14-9-8-12(3)10-17(14)19-16-7-5-6-15(18)13(16)4/h5-7,11-12,14,17,19H,8-10H2,1-4H3. The van der Waals surface area contributed by atoms with E-state index in [0.717, 1.165) is 22.8 Å². The summed E-state index contributed by atoms with van der Waals surface area (Å²) in [6.45, 7) is 9.16. The molecular formula is C17H26ClN. The second-order valence-electron chi connectivity index (χ2n) is 6.49. The first-order valence-corrected chi connectivity index (χ1v) is 7.88. The summed E-state index contributed by atoms with van der Waals surface area (Å²) < 4.78 is 0. The maximum Gasteiger partial charge on any atom is 0.0455 e. The maximum atomic E-state index is 6.22. The molecule has 1 aromatic rings. The number of halogens is 1. The fraction of sp³-hybridized carbons (Fsp3) is 0.647. The average molecular weight is 280 g/mol. The lowest BCUT2D eigenvalue weighted by Crippen LogP contribution is -2.38. The summed E-state index contributed by atoms with van der Waals surface area (Å²) in [4.78, 5) is 0. The molecule has 1 aromatic carbocycles. The third kappa shape index (κ3) is 3.45. The van der Waals surface area contributed by atoms with Crippen LogP contribution in [0.15, 0.2) is 18.2 Å². The van der Waals surface area contributed by atoms with Gasteiger partial charge in [0.15, 0.2) is 0 Å². The molecule has 1 saturated carbocycles. The van der Waals surface area contributed by atoms with Crippen molar-refractivity contribution in [3.8, 4) is 0 Å². The lowest BCUT2D eigenvalue weighted by atomic mass is 9.74. The Labute approximate surface area is 122 Å². The fourth-order valence-electron chi connectivity index (χ4n) is 3.33. The van der Waals surface area contributed by atoms with Gasteiger partial charge in [0.05, 0.1) is 0 Å². The highest BCUT2D eigenvalue weighted by molar-refractivity contribution is 6.31. The van der Waals surface area contributed by atoms with Crippen molar-refractivity contribution in [3.05, 3.63) is 28.8 Å². The van der Waals surface area contributed by atoms with Crippen LogP contribution in [-0.2, 0) is 0 Å². The summed E-state index contributed by atoms with van der Waals surface area (Å²) >= 11 is 6.22. The van der Waals surface area contributed by atoms with E-state index in [2.05, 4.69) is 39.1 Å². The highest BCUT2D eigenvalue weighted by Crippen LogP contribution is 2.36. The van der Waals surface area contributed by atoms with E-state index >= 15 is 0 Å². The molecule has 3 atom stereocenters. The van der Waals surface area contributed by atoms with E-state index in [0.29, 0.717) is 6.04 Å². The average Bonchev–Trinajstić information content (AvgIpc) is 2.35. The van der Waals surface area contributed by atoms with Crippen molar-refractivity contribution < 1.29 is 0 Å². The molecule has 1 fully saturated rings. The smallest absolute Gasteiger partial charge is 0.0455 e. The summed E-state index contributed by atoms with van der Waals surface area (Å²) in [7, 11) is 0. The molecule has 0 amide bonds. The Morgan fingerprint density at radius 3 is 2.68 bits per heavy atom. The molecule has 2 rings (SSSR count). The molecule has 0 aromatic heterocycles. The van der Waals surface area contributed by atoms with Gasteiger partial charge in [-0.25, -0.2) is 0 Å². The van der Waals surface area contributed by atoms with Gasteiger partial charge >= 0.3 is 0 Å². The lowest BCUT2D eigenvalue weighted by Gasteiger charge is -2.38. The van der Waals surface area contributed by atoms with Crippen molar-refractivity contribution in [1.82, 2.24) is 0 Å². The highest BCUT2D eigenvalue weighted by atomic mass is 35.5. The minimum absolute atomic E-state index is 0.584. The minimum Gasteiger partial charge on any atom is -0.382 e. The molecule has 19 heavy (non-hydrogen) atoms. The largest absolute Gasteiger partial charge is 0.382 e. The van der Waals surface area contributed by atoms with Crippen LogP contribution in [0.1, 0.15) is 45.6 Å². The summed E-state index contributed by atoms with van der Waals surface area (Å²) in [5.41, 5.74) is 2.38. The van der Waals surface area contributed by atoms with Crippen molar-refractivity contribution in [2.45, 2.75) is 53.0 Å². The number of nitrogens with one attached hydrogen (secondary N) is 1. The molecule has 0 aliphatic heterocycles. The van der Waals surface area contributed by atoms with Gasteiger partial charge in [0.25, 0.3) is 0 Å². The first kappa shape index (κ1) is 14.7. The number of hydrogen-bond acceptors (Lipinski definition) is 1. The van der Waals surface area contributed by atoms with Crippen molar-refractivity contribution in [3.63, 3.8) is 0 Å². The van der Waals surface area contributed by atoms with E-state index in [1.807, 2.05) is 12.1 Å². The molecule has 1 N–H and O–H groups in total.